The van der Waals surface area contributed by atoms with Crippen molar-refractivity contribution in [2.45, 2.75) is 25.3 Å². The fourth-order valence-corrected chi connectivity index (χ4v) is 4.27. The molecule has 1 aromatic heterocycles. The Morgan fingerprint density at radius 1 is 1.36 bits per heavy atom. The lowest BCUT2D eigenvalue weighted by Gasteiger charge is -2.28. The van der Waals surface area contributed by atoms with Crippen LogP contribution in [-0.2, 0) is 6.42 Å². The largest absolute Gasteiger partial charge is 0.486 e. The molecule has 0 aliphatic carbocycles. The first-order chi connectivity index (χ1) is 12.3. The van der Waals surface area contributed by atoms with Crippen LogP contribution in [0.4, 0.5) is 0 Å². The van der Waals surface area contributed by atoms with Crippen molar-refractivity contribution in [2.75, 3.05) is 26.3 Å². The van der Waals surface area contributed by atoms with Gasteiger partial charge >= 0.3 is 0 Å². The van der Waals surface area contributed by atoms with Gasteiger partial charge in [0.2, 0.25) is 0 Å². The average Bonchev–Trinajstić information content (AvgIpc) is 3.30. The number of fused-ring (bicyclic) bond motifs is 1. The second-order valence-electron chi connectivity index (χ2n) is 6.19. The van der Waals surface area contributed by atoms with Crippen molar-refractivity contribution < 1.29 is 14.3 Å². The Morgan fingerprint density at radius 2 is 2.24 bits per heavy atom. The van der Waals surface area contributed by atoms with E-state index >= 15 is 0 Å². The molecule has 2 aliphatic rings. The second kappa shape index (κ2) is 7.01. The minimum atomic E-state index is -0.0173. The quantitative estimate of drug-likeness (QED) is 0.907. The standard InChI is InChI=1S/C18H21N3O3S/c19-7-6-16-20-13(11-25-16)18(22)21-8-2-4-14(21)12-3-1-5-15-17(12)24-10-9-23-15/h1,3,5,11,14H,2,4,6-10,19H2. The maximum Gasteiger partial charge on any atom is 0.273 e. The van der Waals surface area contributed by atoms with Gasteiger partial charge in [-0.15, -0.1) is 11.3 Å². The number of rotatable bonds is 4. The Hall–Kier alpha value is -2.12. The topological polar surface area (TPSA) is 77.7 Å². The number of carbonyl (C=O) groups excluding carboxylic acids is 1. The maximum atomic E-state index is 13.0. The SMILES string of the molecule is NCCc1nc(C(=O)N2CCCC2c2cccc3c2OCCO3)cs1. The summed E-state index contributed by atoms with van der Waals surface area (Å²) >= 11 is 1.50. The normalized spacial score (nSPS) is 19.2. The Labute approximate surface area is 150 Å². The molecule has 4 rings (SSSR count). The van der Waals surface area contributed by atoms with E-state index in [1.54, 1.807) is 0 Å². The number of nitrogens with zero attached hydrogens (tertiary/aromatic N) is 2. The number of aromatic nitrogens is 1. The van der Waals surface area contributed by atoms with Gasteiger partial charge in [-0.2, -0.15) is 0 Å². The molecule has 0 saturated carbocycles. The maximum absolute atomic E-state index is 13.0. The smallest absolute Gasteiger partial charge is 0.273 e. The molecule has 25 heavy (non-hydrogen) atoms. The number of ether oxygens (including phenoxy) is 2. The van der Waals surface area contributed by atoms with Crippen molar-refractivity contribution in [1.82, 2.24) is 9.88 Å². The molecule has 1 saturated heterocycles. The first-order valence-electron chi connectivity index (χ1n) is 8.62. The van der Waals surface area contributed by atoms with Gasteiger partial charge in [0.25, 0.3) is 5.91 Å². The summed E-state index contributed by atoms with van der Waals surface area (Å²) in [5, 5.41) is 2.75. The highest BCUT2D eigenvalue weighted by Gasteiger charge is 2.34. The first kappa shape index (κ1) is 16.4. The third-order valence-electron chi connectivity index (χ3n) is 4.60. The third kappa shape index (κ3) is 3.09. The zero-order valence-electron chi connectivity index (χ0n) is 13.9. The number of likely N-dealkylation sites (tertiary alicyclic amines) is 1. The summed E-state index contributed by atoms with van der Waals surface area (Å²) < 4.78 is 11.5. The lowest BCUT2D eigenvalue weighted by Crippen LogP contribution is -2.31. The summed E-state index contributed by atoms with van der Waals surface area (Å²) in [5.74, 6) is 1.53. The van der Waals surface area contributed by atoms with Gasteiger partial charge in [0, 0.05) is 23.9 Å². The van der Waals surface area contributed by atoms with Crippen LogP contribution in [-0.4, -0.2) is 42.1 Å². The molecule has 0 spiro atoms. The molecule has 2 N–H and O–H groups in total. The van der Waals surface area contributed by atoms with E-state index in [1.165, 1.54) is 11.3 Å². The number of nitrogens with two attached hydrogens (primary N) is 1. The number of carbonyl (C=O) groups is 1. The van der Waals surface area contributed by atoms with E-state index in [9.17, 15) is 4.79 Å². The average molecular weight is 359 g/mol. The molecule has 132 valence electrons. The monoisotopic (exact) mass is 359 g/mol. The molecule has 1 fully saturated rings. The number of hydrogen-bond donors (Lipinski definition) is 1. The number of amides is 1. The molecule has 2 aliphatic heterocycles. The van der Waals surface area contributed by atoms with Crippen LogP contribution in [0.2, 0.25) is 0 Å². The molecule has 3 heterocycles. The summed E-state index contributed by atoms with van der Waals surface area (Å²) in [6.07, 6.45) is 2.60. The van der Waals surface area contributed by atoms with Crippen LogP contribution in [0.25, 0.3) is 0 Å². The minimum absolute atomic E-state index is 0.00353. The number of hydrogen-bond acceptors (Lipinski definition) is 6. The van der Waals surface area contributed by atoms with Gasteiger partial charge in [-0.25, -0.2) is 4.98 Å². The van der Waals surface area contributed by atoms with E-state index in [4.69, 9.17) is 15.2 Å². The van der Waals surface area contributed by atoms with Crippen LogP contribution in [0.1, 0.15) is 39.9 Å². The molecule has 1 aromatic carbocycles. The van der Waals surface area contributed by atoms with E-state index in [-0.39, 0.29) is 11.9 Å². The highest BCUT2D eigenvalue weighted by Crippen LogP contribution is 2.43. The van der Waals surface area contributed by atoms with Crippen LogP contribution in [0.3, 0.4) is 0 Å². The first-order valence-corrected chi connectivity index (χ1v) is 9.50. The Balaban J connectivity index is 1.61. The zero-order chi connectivity index (χ0) is 17.2. The minimum Gasteiger partial charge on any atom is -0.486 e. The molecule has 1 amide bonds. The predicted octanol–water partition coefficient (Wildman–Crippen LogP) is 2.39. The number of benzene rings is 1. The summed E-state index contributed by atoms with van der Waals surface area (Å²) in [5.41, 5.74) is 7.12. The molecular formula is C18H21N3O3S. The van der Waals surface area contributed by atoms with Gasteiger partial charge in [0.1, 0.15) is 18.9 Å². The van der Waals surface area contributed by atoms with E-state index in [2.05, 4.69) is 4.98 Å². The van der Waals surface area contributed by atoms with Crippen molar-refractivity contribution in [3.63, 3.8) is 0 Å². The molecule has 6 nitrogen and oxygen atoms in total. The van der Waals surface area contributed by atoms with Gasteiger partial charge < -0.3 is 20.1 Å². The van der Waals surface area contributed by atoms with Gasteiger partial charge in [-0.1, -0.05) is 12.1 Å². The molecule has 2 aromatic rings. The van der Waals surface area contributed by atoms with Crippen molar-refractivity contribution in [1.29, 1.82) is 0 Å². The van der Waals surface area contributed by atoms with Crippen LogP contribution < -0.4 is 15.2 Å². The Bertz CT molecular complexity index is 777. The van der Waals surface area contributed by atoms with Crippen LogP contribution in [0, 0.1) is 0 Å². The van der Waals surface area contributed by atoms with Crippen molar-refractivity contribution in [3.8, 4) is 11.5 Å². The van der Waals surface area contributed by atoms with Crippen LogP contribution in [0.5, 0.6) is 11.5 Å². The fraction of sp³-hybridized carbons (Fsp3) is 0.444. The fourth-order valence-electron chi connectivity index (χ4n) is 3.49. The molecule has 7 heteroatoms. The predicted molar refractivity (Wildman–Crippen MR) is 95.3 cm³/mol. The molecule has 1 atom stereocenters. The van der Waals surface area contributed by atoms with Crippen LogP contribution in [0.15, 0.2) is 23.6 Å². The number of thiazole rings is 1. The summed E-state index contributed by atoms with van der Waals surface area (Å²) in [7, 11) is 0. The molecular weight excluding hydrogens is 338 g/mol. The van der Waals surface area contributed by atoms with E-state index in [0.29, 0.717) is 31.9 Å². The van der Waals surface area contributed by atoms with Crippen molar-refractivity contribution >= 4 is 17.2 Å². The lowest BCUT2D eigenvalue weighted by molar-refractivity contribution is 0.0725. The molecule has 1 unspecified atom stereocenters. The lowest BCUT2D eigenvalue weighted by atomic mass is 10.0. The Kier molecular flexibility index (Phi) is 4.59. The van der Waals surface area contributed by atoms with Crippen molar-refractivity contribution in [3.05, 3.63) is 39.8 Å². The summed E-state index contributed by atoms with van der Waals surface area (Å²) in [4.78, 5) is 19.3. The van der Waals surface area contributed by atoms with E-state index < -0.39 is 0 Å². The second-order valence-corrected chi connectivity index (χ2v) is 7.14. The van der Waals surface area contributed by atoms with Gasteiger partial charge in [-0.05, 0) is 25.5 Å². The highest BCUT2D eigenvalue weighted by atomic mass is 32.1. The van der Waals surface area contributed by atoms with Gasteiger partial charge in [0.15, 0.2) is 11.5 Å². The summed E-state index contributed by atoms with van der Waals surface area (Å²) in [6.45, 7) is 2.38. The van der Waals surface area contributed by atoms with E-state index in [1.807, 2.05) is 28.5 Å². The zero-order valence-corrected chi connectivity index (χ0v) is 14.8. The molecule has 0 bridgehead atoms. The summed E-state index contributed by atoms with van der Waals surface area (Å²) in [6, 6.07) is 5.92. The molecule has 0 radical (unpaired) electrons. The van der Waals surface area contributed by atoms with Crippen molar-refractivity contribution in [2.24, 2.45) is 5.73 Å². The third-order valence-corrected chi connectivity index (χ3v) is 5.51. The van der Waals surface area contributed by atoms with Gasteiger partial charge in [0.05, 0.1) is 11.0 Å². The van der Waals surface area contributed by atoms with Crippen LogP contribution >= 0.6 is 11.3 Å². The number of para-hydroxylation sites is 1. The van der Waals surface area contributed by atoms with E-state index in [0.717, 1.165) is 41.5 Å². The highest BCUT2D eigenvalue weighted by molar-refractivity contribution is 7.09. The Morgan fingerprint density at radius 3 is 3.12 bits per heavy atom. The van der Waals surface area contributed by atoms with Gasteiger partial charge in [-0.3, -0.25) is 4.79 Å².